The summed E-state index contributed by atoms with van der Waals surface area (Å²) >= 11 is 1.70. The number of aromatic carboxylic acids is 1. The van der Waals surface area contributed by atoms with Crippen LogP contribution < -0.4 is 4.74 Å². The quantitative estimate of drug-likeness (QED) is 0.811. The van der Waals surface area contributed by atoms with Gasteiger partial charge in [-0.2, -0.15) is 0 Å². The van der Waals surface area contributed by atoms with Crippen molar-refractivity contribution >= 4 is 17.7 Å². The Hall–Kier alpha value is -2.50. The molecule has 1 aromatic carbocycles. The number of ether oxygens (including phenoxy) is 1. The van der Waals surface area contributed by atoms with Gasteiger partial charge in [-0.25, -0.2) is 9.89 Å². The maximum Gasteiger partial charge on any atom is 0.359 e. The molecule has 2 aromatic rings. The van der Waals surface area contributed by atoms with Gasteiger partial charge in [0.1, 0.15) is 5.75 Å². The van der Waals surface area contributed by atoms with E-state index in [4.69, 9.17) is 9.84 Å². The van der Waals surface area contributed by atoms with Crippen molar-refractivity contribution in [1.29, 1.82) is 0 Å². The number of H-pyrrole nitrogens is 1. The highest BCUT2D eigenvalue weighted by Crippen LogP contribution is 2.23. The highest BCUT2D eigenvalue weighted by molar-refractivity contribution is 8.04. The predicted octanol–water partition coefficient (Wildman–Crippen LogP) is 2.43. The fourth-order valence-electron chi connectivity index (χ4n) is 2.42. The molecule has 1 saturated heterocycles. The molecule has 0 aliphatic carbocycles. The number of aromatic nitrogens is 3. The van der Waals surface area contributed by atoms with E-state index in [0.717, 1.165) is 18.7 Å². The van der Waals surface area contributed by atoms with Crippen molar-refractivity contribution in [3.05, 3.63) is 35.5 Å². The van der Waals surface area contributed by atoms with Crippen LogP contribution in [0.5, 0.6) is 11.6 Å². The minimum absolute atomic E-state index is 0.0656. The van der Waals surface area contributed by atoms with E-state index in [9.17, 15) is 4.79 Å². The average molecular weight is 358 g/mol. The molecule has 0 unspecified atom stereocenters. The number of carboxylic acids is 1. The van der Waals surface area contributed by atoms with Crippen molar-refractivity contribution < 1.29 is 14.6 Å². The van der Waals surface area contributed by atoms with Gasteiger partial charge < -0.3 is 14.7 Å². The number of hydrogen-bond acceptors (Lipinski definition) is 6. The summed E-state index contributed by atoms with van der Waals surface area (Å²) < 4.78 is 5.43. The lowest BCUT2D eigenvalue weighted by molar-refractivity contribution is 0.0687. The number of thioether (sulfide) groups is 1. The molecule has 0 atom stereocenters. The second kappa shape index (κ2) is 8.05. The van der Waals surface area contributed by atoms with Crippen LogP contribution in [0.15, 0.2) is 24.3 Å². The monoisotopic (exact) mass is 358 g/mol. The first kappa shape index (κ1) is 17.3. The van der Waals surface area contributed by atoms with Gasteiger partial charge in [0, 0.05) is 10.8 Å². The maximum atomic E-state index is 11.0. The molecule has 3 rings (SSSR count). The Kier molecular flexibility index (Phi) is 5.58. The van der Waals surface area contributed by atoms with Gasteiger partial charge in [0.05, 0.1) is 0 Å². The fourth-order valence-corrected chi connectivity index (χ4v) is 3.21. The molecule has 1 aromatic heterocycles. The van der Waals surface area contributed by atoms with Gasteiger partial charge in [-0.15, -0.1) is 0 Å². The van der Waals surface area contributed by atoms with Crippen LogP contribution in [-0.4, -0.2) is 56.8 Å². The first-order chi connectivity index (χ1) is 12.1. The lowest BCUT2D eigenvalue weighted by atomic mass is 10.1. The van der Waals surface area contributed by atoms with Gasteiger partial charge in [-0.05, 0) is 62.5 Å². The Morgan fingerprint density at radius 1 is 1.36 bits per heavy atom. The van der Waals surface area contributed by atoms with Gasteiger partial charge in [0.25, 0.3) is 5.88 Å². The third-order valence-electron chi connectivity index (χ3n) is 3.89. The SMILES string of the molecule is CN1CCC(SC#Cc2ccc(Oc3nn[nH]c3C(=O)O)cc2)CC1. The van der Waals surface area contributed by atoms with E-state index in [1.165, 1.54) is 12.8 Å². The van der Waals surface area contributed by atoms with Gasteiger partial charge in [-0.3, -0.25) is 0 Å². The maximum absolute atomic E-state index is 11.0. The molecule has 1 aliphatic rings. The summed E-state index contributed by atoms with van der Waals surface area (Å²) in [5, 5.41) is 22.1. The molecule has 1 fully saturated rings. The van der Waals surface area contributed by atoms with Crippen LogP contribution >= 0.6 is 11.8 Å². The Labute approximate surface area is 149 Å². The normalized spacial score (nSPS) is 15.4. The molecule has 1 aliphatic heterocycles. The predicted molar refractivity (Wildman–Crippen MR) is 94.8 cm³/mol. The largest absolute Gasteiger partial charge is 0.476 e. The van der Waals surface area contributed by atoms with Crippen LogP contribution in [0.1, 0.15) is 28.9 Å². The number of nitrogens with one attached hydrogen (secondary N) is 1. The van der Waals surface area contributed by atoms with E-state index >= 15 is 0 Å². The van der Waals surface area contributed by atoms with E-state index in [2.05, 4.69) is 38.5 Å². The standard InChI is InChI=1S/C17H18N4O3S/c1-21-9-6-14(7-10-21)25-11-8-12-2-4-13(5-3-12)24-16-15(17(22)23)18-20-19-16/h2-5,14H,6-7,9-10H2,1H3,(H,22,23)(H,18,19,20). The van der Waals surface area contributed by atoms with Gasteiger partial charge in [0.15, 0.2) is 0 Å². The molecule has 25 heavy (non-hydrogen) atoms. The molecule has 0 amide bonds. The third-order valence-corrected chi connectivity index (χ3v) is 4.91. The van der Waals surface area contributed by atoms with Gasteiger partial charge in [-0.1, -0.05) is 28.0 Å². The summed E-state index contributed by atoms with van der Waals surface area (Å²) in [6.07, 6.45) is 2.35. The van der Waals surface area contributed by atoms with E-state index in [-0.39, 0.29) is 11.6 Å². The number of rotatable bonds is 4. The molecular formula is C17H18N4O3S. The average Bonchev–Trinajstić information content (AvgIpc) is 3.07. The summed E-state index contributed by atoms with van der Waals surface area (Å²) in [6, 6.07) is 7.12. The van der Waals surface area contributed by atoms with Crippen LogP contribution in [0.2, 0.25) is 0 Å². The van der Waals surface area contributed by atoms with Crippen molar-refractivity contribution in [2.24, 2.45) is 0 Å². The second-order valence-corrected chi connectivity index (χ2v) is 6.88. The third kappa shape index (κ3) is 4.75. The molecule has 2 N–H and O–H groups in total. The molecule has 0 radical (unpaired) electrons. The van der Waals surface area contributed by atoms with Crippen molar-refractivity contribution in [2.75, 3.05) is 20.1 Å². The van der Waals surface area contributed by atoms with Crippen molar-refractivity contribution in [1.82, 2.24) is 20.3 Å². The number of nitrogens with zero attached hydrogens (tertiary/aromatic N) is 3. The highest BCUT2D eigenvalue weighted by Gasteiger charge is 2.17. The van der Waals surface area contributed by atoms with E-state index in [1.807, 2.05) is 12.1 Å². The summed E-state index contributed by atoms with van der Waals surface area (Å²) in [4.78, 5) is 13.3. The molecule has 7 nitrogen and oxygen atoms in total. The molecule has 0 bridgehead atoms. The minimum Gasteiger partial charge on any atom is -0.476 e. The number of benzene rings is 1. The van der Waals surface area contributed by atoms with Crippen LogP contribution in [-0.2, 0) is 0 Å². The highest BCUT2D eigenvalue weighted by atomic mass is 32.2. The minimum atomic E-state index is -1.17. The Morgan fingerprint density at radius 2 is 2.08 bits per heavy atom. The first-order valence-electron chi connectivity index (χ1n) is 7.89. The second-order valence-electron chi connectivity index (χ2n) is 5.77. The van der Waals surface area contributed by atoms with Crippen molar-refractivity contribution in [3.63, 3.8) is 0 Å². The number of aromatic amines is 1. The number of piperidine rings is 1. The van der Waals surface area contributed by atoms with E-state index in [0.29, 0.717) is 11.0 Å². The Bertz CT molecular complexity index is 786. The number of likely N-dealkylation sites (tertiary alicyclic amines) is 1. The van der Waals surface area contributed by atoms with E-state index in [1.54, 1.807) is 23.9 Å². The fraction of sp³-hybridized carbons (Fsp3) is 0.353. The van der Waals surface area contributed by atoms with Gasteiger partial charge in [0.2, 0.25) is 5.69 Å². The topological polar surface area (TPSA) is 91.3 Å². The Morgan fingerprint density at radius 3 is 2.76 bits per heavy atom. The number of carboxylic acid groups (broad SMARTS) is 1. The summed E-state index contributed by atoms with van der Waals surface area (Å²) in [5.41, 5.74) is 0.699. The van der Waals surface area contributed by atoms with Crippen LogP contribution in [0.25, 0.3) is 0 Å². The summed E-state index contributed by atoms with van der Waals surface area (Å²) in [5.74, 6) is 2.37. The van der Waals surface area contributed by atoms with E-state index < -0.39 is 5.97 Å². The number of hydrogen-bond donors (Lipinski definition) is 2. The Balaban J connectivity index is 1.56. The van der Waals surface area contributed by atoms with Crippen LogP contribution in [0, 0.1) is 11.2 Å². The lowest BCUT2D eigenvalue weighted by Crippen LogP contribution is -2.31. The first-order valence-corrected chi connectivity index (χ1v) is 8.77. The van der Waals surface area contributed by atoms with Crippen molar-refractivity contribution in [2.45, 2.75) is 18.1 Å². The van der Waals surface area contributed by atoms with Crippen LogP contribution in [0.4, 0.5) is 0 Å². The smallest absolute Gasteiger partial charge is 0.359 e. The van der Waals surface area contributed by atoms with Crippen molar-refractivity contribution in [3.8, 4) is 22.8 Å². The molecule has 0 spiro atoms. The molecule has 0 saturated carbocycles. The molecular weight excluding hydrogens is 340 g/mol. The number of carbonyl (C=O) groups is 1. The zero-order valence-corrected chi connectivity index (χ0v) is 14.5. The molecule has 130 valence electrons. The summed E-state index contributed by atoms with van der Waals surface area (Å²) in [7, 11) is 2.15. The van der Waals surface area contributed by atoms with Crippen LogP contribution in [0.3, 0.4) is 0 Å². The lowest BCUT2D eigenvalue weighted by Gasteiger charge is -2.26. The molecule has 8 heteroatoms. The zero-order chi connectivity index (χ0) is 17.6. The van der Waals surface area contributed by atoms with Gasteiger partial charge >= 0.3 is 5.97 Å². The molecule has 2 heterocycles. The zero-order valence-electron chi connectivity index (χ0n) is 13.7. The summed E-state index contributed by atoms with van der Waals surface area (Å²) in [6.45, 7) is 2.26.